The second kappa shape index (κ2) is 8.24. The lowest BCUT2D eigenvalue weighted by Crippen LogP contribution is -2.36. The standard InChI is InChI=1S/C19H23N5O3S/c1-26-11-17-21-19(28-22-17)23-7-5-13(6-8-23)10-24-12-20-16-9-14(27-2)3-4-15(16)18(24)25/h3-4,9,12-13H,5-8,10-11H2,1-2H3. The number of ether oxygens (including phenoxy) is 2. The van der Waals surface area contributed by atoms with Crippen LogP contribution in [0, 0.1) is 5.92 Å². The van der Waals surface area contributed by atoms with Crippen LogP contribution >= 0.6 is 11.5 Å². The van der Waals surface area contributed by atoms with E-state index in [2.05, 4.69) is 19.2 Å². The van der Waals surface area contributed by atoms with E-state index < -0.39 is 0 Å². The Morgan fingerprint density at radius 1 is 1.25 bits per heavy atom. The number of piperidine rings is 1. The van der Waals surface area contributed by atoms with Crippen molar-refractivity contribution < 1.29 is 9.47 Å². The lowest BCUT2D eigenvalue weighted by atomic mass is 9.97. The molecule has 0 spiro atoms. The first-order valence-electron chi connectivity index (χ1n) is 9.27. The number of hydrogen-bond acceptors (Lipinski definition) is 8. The molecule has 0 atom stereocenters. The molecule has 3 aromatic rings. The molecule has 2 aromatic heterocycles. The maximum absolute atomic E-state index is 12.8. The van der Waals surface area contributed by atoms with Gasteiger partial charge in [-0.15, -0.1) is 0 Å². The summed E-state index contributed by atoms with van der Waals surface area (Å²) in [6.07, 6.45) is 3.66. The Labute approximate surface area is 166 Å². The fraction of sp³-hybridized carbons (Fsp3) is 0.474. The highest BCUT2D eigenvalue weighted by Crippen LogP contribution is 2.26. The molecule has 0 saturated carbocycles. The summed E-state index contributed by atoms with van der Waals surface area (Å²) in [4.78, 5) is 24.0. The number of rotatable bonds is 6. The van der Waals surface area contributed by atoms with E-state index in [0.717, 1.165) is 36.9 Å². The smallest absolute Gasteiger partial charge is 0.261 e. The van der Waals surface area contributed by atoms with E-state index in [1.165, 1.54) is 11.5 Å². The maximum atomic E-state index is 12.8. The topological polar surface area (TPSA) is 82.4 Å². The molecule has 1 fully saturated rings. The van der Waals surface area contributed by atoms with Gasteiger partial charge in [-0.1, -0.05) is 0 Å². The first-order valence-corrected chi connectivity index (χ1v) is 10.0. The average Bonchev–Trinajstić information content (AvgIpc) is 3.19. The quantitative estimate of drug-likeness (QED) is 0.627. The number of methoxy groups -OCH3 is 2. The summed E-state index contributed by atoms with van der Waals surface area (Å²) in [6.45, 7) is 2.96. The summed E-state index contributed by atoms with van der Waals surface area (Å²) in [5, 5.41) is 1.57. The normalized spacial score (nSPS) is 15.3. The third-order valence-electron chi connectivity index (χ3n) is 5.10. The van der Waals surface area contributed by atoms with Gasteiger partial charge in [-0.2, -0.15) is 4.37 Å². The molecule has 0 aliphatic carbocycles. The minimum atomic E-state index is 0.00316. The monoisotopic (exact) mass is 401 g/mol. The van der Waals surface area contributed by atoms with Crippen molar-refractivity contribution in [3.8, 4) is 5.75 Å². The van der Waals surface area contributed by atoms with Gasteiger partial charge in [0.05, 0.1) is 24.3 Å². The summed E-state index contributed by atoms with van der Waals surface area (Å²) in [6, 6.07) is 5.38. The molecule has 8 nitrogen and oxygen atoms in total. The minimum Gasteiger partial charge on any atom is -0.497 e. The molecular weight excluding hydrogens is 378 g/mol. The van der Waals surface area contributed by atoms with E-state index in [0.29, 0.717) is 35.7 Å². The van der Waals surface area contributed by atoms with Gasteiger partial charge in [0.25, 0.3) is 5.56 Å². The van der Waals surface area contributed by atoms with Crippen molar-refractivity contribution in [2.45, 2.75) is 26.0 Å². The van der Waals surface area contributed by atoms with Crippen LogP contribution in [0.2, 0.25) is 0 Å². The van der Waals surface area contributed by atoms with Crippen molar-refractivity contribution in [2.75, 3.05) is 32.2 Å². The molecule has 1 saturated heterocycles. The Morgan fingerprint density at radius 3 is 2.82 bits per heavy atom. The van der Waals surface area contributed by atoms with Crippen LogP contribution in [0.15, 0.2) is 29.3 Å². The number of hydrogen-bond donors (Lipinski definition) is 0. The van der Waals surface area contributed by atoms with Gasteiger partial charge in [0.2, 0.25) is 5.13 Å². The van der Waals surface area contributed by atoms with E-state index in [9.17, 15) is 4.79 Å². The number of anilines is 1. The fourth-order valence-electron chi connectivity index (χ4n) is 3.54. The van der Waals surface area contributed by atoms with E-state index in [-0.39, 0.29) is 5.56 Å². The van der Waals surface area contributed by atoms with E-state index in [1.807, 2.05) is 0 Å². The molecule has 0 bridgehead atoms. The van der Waals surface area contributed by atoms with Gasteiger partial charge >= 0.3 is 0 Å². The zero-order chi connectivity index (χ0) is 19.5. The van der Waals surface area contributed by atoms with Crippen LogP contribution in [0.1, 0.15) is 18.7 Å². The van der Waals surface area contributed by atoms with Crippen molar-refractivity contribution in [1.82, 2.24) is 18.9 Å². The Bertz CT molecular complexity index is 1010. The van der Waals surface area contributed by atoms with Crippen LogP contribution in [0.4, 0.5) is 5.13 Å². The third-order valence-corrected chi connectivity index (χ3v) is 5.92. The van der Waals surface area contributed by atoms with E-state index in [4.69, 9.17) is 9.47 Å². The van der Waals surface area contributed by atoms with Crippen molar-refractivity contribution >= 4 is 27.6 Å². The minimum absolute atomic E-state index is 0.00316. The summed E-state index contributed by atoms with van der Waals surface area (Å²) in [5.41, 5.74) is 0.668. The molecule has 0 radical (unpaired) electrons. The largest absolute Gasteiger partial charge is 0.497 e. The highest BCUT2D eigenvalue weighted by Gasteiger charge is 2.22. The third kappa shape index (κ3) is 3.85. The van der Waals surface area contributed by atoms with Crippen LogP contribution in [0.5, 0.6) is 5.75 Å². The van der Waals surface area contributed by atoms with Crippen molar-refractivity contribution in [3.05, 3.63) is 40.7 Å². The van der Waals surface area contributed by atoms with Crippen molar-refractivity contribution in [3.63, 3.8) is 0 Å². The van der Waals surface area contributed by atoms with Crippen LogP contribution in [-0.2, 0) is 17.9 Å². The predicted octanol–water partition coefficient (Wildman–Crippen LogP) is 2.32. The van der Waals surface area contributed by atoms with Crippen LogP contribution in [0.3, 0.4) is 0 Å². The number of nitrogens with zero attached hydrogens (tertiary/aromatic N) is 5. The van der Waals surface area contributed by atoms with E-state index in [1.54, 1.807) is 43.3 Å². The first-order chi connectivity index (χ1) is 13.7. The molecule has 0 N–H and O–H groups in total. The summed E-state index contributed by atoms with van der Waals surface area (Å²) < 4.78 is 16.3. The predicted molar refractivity (Wildman–Crippen MR) is 108 cm³/mol. The van der Waals surface area contributed by atoms with Gasteiger partial charge in [-0.05, 0) is 30.9 Å². The molecule has 9 heteroatoms. The van der Waals surface area contributed by atoms with E-state index >= 15 is 0 Å². The fourth-order valence-corrected chi connectivity index (χ4v) is 4.27. The number of fused-ring (bicyclic) bond motifs is 1. The summed E-state index contributed by atoms with van der Waals surface area (Å²) >= 11 is 1.42. The Hall–Kier alpha value is -2.52. The lowest BCUT2D eigenvalue weighted by Gasteiger charge is -2.31. The highest BCUT2D eigenvalue weighted by molar-refractivity contribution is 7.09. The molecule has 1 aromatic carbocycles. The van der Waals surface area contributed by atoms with Gasteiger partial charge in [0.15, 0.2) is 5.82 Å². The lowest BCUT2D eigenvalue weighted by molar-refractivity contribution is 0.179. The molecular formula is C19H23N5O3S. The van der Waals surface area contributed by atoms with Crippen LogP contribution in [-0.4, -0.2) is 46.2 Å². The first kappa shape index (κ1) is 18.8. The summed E-state index contributed by atoms with van der Waals surface area (Å²) in [5.74, 6) is 1.88. The Balaban J connectivity index is 1.41. The number of aromatic nitrogens is 4. The van der Waals surface area contributed by atoms with Gasteiger partial charge in [-0.3, -0.25) is 9.36 Å². The Morgan fingerprint density at radius 2 is 2.07 bits per heavy atom. The molecule has 1 aliphatic heterocycles. The van der Waals surface area contributed by atoms with Gasteiger partial charge in [0, 0.05) is 44.3 Å². The molecule has 1 aliphatic rings. The van der Waals surface area contributed by atoms with Crippen molar-refractivity contribution in [1.29, 1.82) is 0 Å². The molecule has 4 rings (SSSR count). The molecule has 0 amide bonds. The van der Waals surface area contributed by atoms with Gasteiger partial charge in [-0.25, -0.2) is 9.97 Å². The second-order valence-corrected chi connectivity index (χ2v) is 7.67. The summed E-state index contributed by atoms with van der Waals surface area (Å²) in [7, 11) is 3.25. The molecule has 3 heterocycles. The van der Waals surface area contributed by atoms with Crippen molar-refractivity contribution in [2.24, 2.45) is 5.92 Å². The molecule has 148 valence electrons. The van der Waals surface area contributed by atoms with Gasteiger partial charge in [0.1, 0.15) is 12.4 Å². The number of benzene rings is 1. The maximum Gasteiger partial charge on any atom is 0.261 e. The molecule has 28 heavy (non-hydrogen) atoms. The average molecular weight is 401 g/mol. The Kier molecular flexibility index (Phi) is 5.54. The molecule has 0 unspecified atom stereocenters. The van der Waals surface area contributed by atoms with Crippen LogP contribution in [0.25, 0.3) is 10.9 Å². The highest BCUT2D eigenvalue weighted by atomic mass is 32.1. The SMILES string of the molecule is COCc1nsc(N2CCC(Cn3cnc4cc(OC)ccc4c3=O)CC2)n1. The zero-order valence-corrected chi connectivity index (χ0v) is 16.8. The van der Waals surface area contributed by atoms with Crippen LogP contribution < -0.4 is 15.2 Å². The van der Waals surface area contributed by atoms with Gasteiger partial charge < -0.3 is 14.4 Å². The second-order valence-electron chi connectivity index (χ2n) is 6.94. The zero-order valence-electron chi connectivity index (χ0n) is 16.0.